The summed E-state index contributed by atoms with van der Waals surface area (Å²) >= 11 is 1.43. The van der Waals surface area contributed by atoms with Crippen molar-refractivity contribution in [3.63, 3.8) is 0 Å². The lowest BCUT2D eigenvalue weighted by Crippen LogP contribution is -2.00. The number of aryl methyl sites for hydroxylation is 1. The van der Waals surface area contributed by atoms with Crippen LogP contribution < -0.4 is 5.73 Å². The summed E-state index contributed by atoms with van der Waals surface area (Å²) in [5.41, 5.74) is 9.98. The van der Waals surface area contributed by atoms with Crippen LogP contribution in [0.1, 0.15) is 5.56 Å². The quantitative estimate of drug-likeness (QED) is 0.575. The van der Waals surface area contributed by atoms with Crippen molar-refractivity contribution in [1.29, 1.82) is 0 Å². The second-order valence-corrected chi connectivity index (χ2v) is 5.16. The molecule has 5 nitrogen and oxygen atoms in total. The zero-order chi connectivity index (χ0) is 14.1. The summed E-state index contributed by atoms with van der Waals surface area (Å²) in [6.45, 7) is 2.05. The van der Waals surface area contributed by atoms with E-state index in [4.69, 9.17) is 5.73 Å². The molecular weight excluding hydrogens is 270 g/mol. The van der Waals surface area contributed by atoms with Crippen LogP contribution in [-0.4, -0.2) is 26.2 Å². The van der Waals surface area contributed by atoms with Crippen molar-refractivity contribution in [2.45, 2.75) is 12.1 Å². The maximum absolute atomic E-state index is 5.94. The first-order valence-electron chi connectivity index (χ1n) is 6.08. The highest BCUT2D eigenvalue weighted by atomic mass is 32.2. The number of anilines is 1. The van der Waals surface area contributed by atoms with Crippen molar-refractivity contribution in [2.24, 2.45) is 0 Å². The Morgan fingerprint density at radius 3 is 2.50 bits per heavy atom. The maximum Gasteiger partial charge on any atom is 0.191 e. The number of rotatable bonds is 2. The highest BCUT2D eigenvalue weighted by molar-refractivity contribution is 7.98. The molecule has 2 N–H and O–H groups in total. The smallest absolute Gasteiger partial charge is 0.191 e. The molecule has 0 aliphatic carbocycles. The number of thioether (sulfide) groups is 1. The molecule has 3 aromatic rings. The van der Waals surface area contributed by atoms with Crippen molar-refractivity contribution in [2.75, 3.05) is 12.0 Å². The van der Waals surface area contributed by atoms with Crippen LogP contribution in [0.4, 0.5) is 5.82 Å². The number of hydrogen-bond donors (Lipinski definition) is 1. The Kier molecular flexibility index (Phi) is 3.23. The molecule has 0 unspecified atom stereocenters. The fraction of sp³-hybridized carbons (Fsp3) is 0.143. The Morgan fingerprint density at radius 1 is 1.05 bits per heavy atom. The summed E-state index contributed by atoms with van der Waals surface area (Å²) in [4.78, 5) is 17.4. The molecule has 0 fully saturated rings. The molecule has 0 aliphatic heterocycles. The van der Waals surface area contributed by atoms with Gasteiger partial charge in [0.15, 0.2) is 22.1 Å². The molecule has 0 aliphatic rings. The number of benzene rings is 1. The Bertz CT molecular complexity index is 770. The largest absolute Gasteiger partial charge is 0.382 e. The van der Waals surface area contributed by atoms with Crippen LogP contribution in [0.3, 0.4) is 0 Å². The van der Waals surface area contributed by atoms with E-state index in [0.29, 0.717) is 22.1 Å². The summed E-state index contributed by atoms with van der Waals surface area (Å²) in [6.07, 6.45) is 3.61. The number of nitrogens with two attached hydrogens (primary N) is 1. The third kappa shape index (κ3) is 2.30. The SMILES string of the molecule is CSc1nc(N)c2nc(-c3ccc(C)cc3)cnc2n1. The van der Waals surface area contributed by atoms with Gasteiger partial charge in [0.05, 0.1) is 11.9 Å². The number of nitrogens with zero attached hydrogens (tertiary/aromatic N) is 4. The zero-order valence-corrected chi connectivity index (χ0v) is 12.0. The van der Waals surface area contributed by atoms with Gasteiger partial charge in [-0.05, 0) is 13.2 Å². The lowest BCUT2D eigenvalue weighted by molar-refractivity contribution is 0.991. The van der Waals surface area contributed by atoms with E-state index in [0.717, 1.165) is 11.3 Å². The number of aromatic nitrogens is 4. The molecule has 100 valence electrons. The molecule has 1 aromatic carbocycles. The van der Waals surface area contributed by atoms with Crippen molar-refractivity contribution < 1.29 is 0 Å². The summed E-state index contributed by atoms with van der Waals surface area (Å²) in [5, 5.41) is 0.604. The van der Waals surface area contributed by atoms with E-state index < -0.39 is 0 Å². The fourth-order valence-corrected chi connectivity index (χ4v) is 2.23. The van der Waals surface area contributed by atoms with E-state index in [9.17, 15) is 0 Å². The van der Waals surface area contributed by atoms with Gasteiger partial charge in [0.1, 0.15) is 0 Å². The van der Waals surface area contributed by atoms with Crippen molar-refractivity contribution in [3.05, 3.63) is 36.0 Å². The second-order valence-electron chi connectivity index (χ2n) is 4.39. The summed E-state index contributed by atoms with van der Waals surface area (Å²) in [7, 11) is 0. The van der Waals surface area contributed by atoms with Crippen molar-refractivity contribution >= 4 is 28.7 Å². The molecule has 0 spiro atoms. The number of hydrogen-bond acceptors (Lipinski definition) is 6. The average Bonchev–Trinajstić information content (AvgIpc) is 2.47. The van der Waals surface area contributed by atoms with E-state index in [2.05, 4.69) is 19.9 Å². The van der Waals surface area contributed by atoms with Gasteiger partial charge < -0.3 is 5.73 Å². The van der Waals surface area contributed by atoms with Gasteiger partial charge in [-0.3, -0.25) is 0 Å². The molecule has 2 heterocycles. The molecule has 0 atom stereocenters. The fourth-order valence-electron chi connectivity index (χ4n) is 1.86. The molecule has 0 saturated carbocycles. The first-order valence-corrected chi connectivity index (χ1v) is 7.31. The molecule has 0 bridgehead atoms. The molecule has 3 rings (SSSR count). The maximum atomic E-state index is 5.94. The molecule has 0 amide bonds. The summed E-state index contributed by atoms with van der Waals surface area (Å²) in [5.74, 6) is 0.362. The Morgan fingerprint density at radius 2 is 1.80 bits per heavy atom. The molecule has 6 heteroatoms. The van der Waals surface area contributed by atoms with E-state index in [1.807, 2.05) is 37.4 Å². The first-order chi connectivity index (χ1) is 9.67. The van der Waals surface area contributed by atoms with Gasteiger partial charge in [-0.25, -0.2) is 19.9 Å². The number of nitrogen functional groups attached to an aromatic ring is 1. The lowest BCUT2D eigenvalue weighted by atomic mass is 10.1. The minimum atomic E-state index is 0.362. The lowest BCUT2D eigenvalue weighted by Gasteiger charge is -2.05. The van der Waals surface area contributed by atoms with Crippen LogP contribution in [0.2, 0.25) is 0 Å². The van der Waals surface area contributed by atoms with Crippen LogP contribution in [0.5, 0.6) is 0 Å². The van der Waals surface area contributed by atoms with E-state index >= 15 is 0 Å². The molecule has 20 heavy (non-hydrogen) atoms. The normalized spacial score (nSPS) is 10.9. The minimum absolute atomic E-state index is 0.362. The van der Waals surface area contributed by atoms with Gasteiger partial charge in [0.25, 0.3) is 0 Å². The zero-order valence-electron chi connectivity index (χ0n) is 11.2. The van der Waals surface area contributed by atoms with E-state index in [1.165, 1.54) is 17.3 Å². The molecule has 2 aromatic heterocycles. The molecule has 0 saturated heterocycles. The monoisotopic (exact) mass is 283 g/mol. The van der Waals surface area contributed by atoms with E-state index in [1.54, 1.807) is 6.20 Å². The topological polar surface area (TPSA) is 77.6 Å². The van der Waals surface area contributed by atoms with Crippen LogP contribution >= 0.6 is 11.8 Å². The molecule has 0 radical (unpaired) electrons. The molecular formula is C14H13N5S. The van der Waals surface area contributed by atoms with Gasteiger partial charge in [-0.1, -0.05) is 41.6 Å². The van der Waals surface area contributed by atoms with Crippen molar-refractivity contribution in [1.82, 2.24) is 19.9 Å². The predicted molar refractivity (Wildman–Crippen MR) is 81.5 cm³/mol. The first kappa shape index (κ1) is 12.8. The van der Waals surface area contributed by atoms with Crippen LogP contribution in [-0.2, 0) is 0 Å². The van der Waals surface area contributed by atoms with Crippen molar-refractivity contribution in [3.8, 4) is 11.3 Å². The van der Waals surface area contributed by atoms with E-state index in [-0.39, 0.29) is 0 Å². The Balaban J connectivity index is 2.15. The highest BCUT2D eigenvalue weighted by Crippen LogP contribution is 2.22. The third-order valence-electron chi connectivity index (χ3n) is 2.94. The van der Waals surface area contributed by atoms with Crippen LogP contribution in [0, 0.1) is 6.92 Å². The van der Waals surface area contributed by atoms with Gasteiger partial charge >= 0.3 is 0 Å². The summed E-state index contributed by atoms with van der Waals surface area (Å²) < 4.78 is 0. The minimum Gasteiger partial charge on any atom is -0.382 e. The predicted octanol–water partition coefficient (Wildman–Crippen LogP) is 2.70. The number of fused-ring (bicyclic) bond motifs is 1. The third-order valence-corrected chi connectivity index (χ3v) is 3.49. The average molecular weight is 283 g/mol. The summed E-state index contributed by atoms with van der Waals surface area (Å²) in [6, 6.07) is 8.10. The van der Waals surface area contributed by atoms with Gasteiger partial charge in [0, 0.05) is 5.56 Å². The highest BCUT2D eigenvalue weighted by Gasteiger charge is 2.09. The van der Waals surface area contributed by atoms with Crippen LogP contribution in [0.15, 0.2) is 35.6 Å². The Hall–Kier alpha value is -2.21. The van der Waals surface area contributed by atoms with Gasteiger partial charge in [-0.15, -0.1) is 0 Å². The Labute approximate surface area is 120 Å². The van der Waals surface area contributed by atoms with Gasteiger partial charge in [0.2, 0.25) is 0 Å². The van der Waals surface area contributed by atoms with Gasteiger partial charge in [-0.2, -0.15) is 0 Å². The second kappa shape index (κ2) is 5.05. The van der Waals surface area contributed by atoms with Crippen LogP contribution in [0.25, 0.3) is 22.4 Å². The standard InChI is InChI=1S/C14H13N5S/c1-8-3-5-9(6-4-8)10-7-16-13-11(17-10)12(15)18-14(19-13)20-2/h3-7H,1-2H3,(H2,15,16,18,19).